The molecule has 1 aliphatic heterocycles. The van der Waals surface area contributed by atoms with Crippen LogP contribution in [-0.4, -0.2) is 59.3 Å². The number of nitrogens with zero attached hydrogens (tertiary/aromatic N) is 3. The van der Waals surface area contributed by atoms with Gasteiger partial charge in [0.1, 0.15) is 5.15 Å². The van der Waals surface area contributed by atoms with Gasteiger partial charge in [-0.25, -0.2) is 4.98 Å². The van der Waals surface area contributed by atoms with Crippen LogP contribution in [-0.2, 0) is 11.3 Å². The molecule has 2 heterocycles. The highest BCUT2D eigenvalue weighted by molar-refractivity contribution is 6.29. The molecular weight excluding hydrogens is 400 g/mol. The molecule has 7 heteroatoms. The average molecular weight is 423 g/mol. The topological polar surface area (TPSA) is 65.5 Å². The number of piperazine rings is 1. The summed E-state index contributed by atoms with van der Waals surface area (Å²) in [6.45, 7) is 3.42. The van der Waals surface area contributed by atoms with E-state index in [4.69, 9.17) is 11.6 Å². The Labute approximate surface area is 180 Å². The zero-order valence-corrected chi connectivity index (χ0v) is 17.3. The molecule has 1 aromatic heterocycles. The predicted octanol–water partition coefficient (Wildman–Crippen LogP) is 2.96. The van der Waals surface area contributed by atoms with E-state index < -0.39 is 0 Å². The molecular formula is C23H23ClN4O2. The van der Waals surface area contributed by atoms with Crippen LogP contribution in [0.5, 0.6) is 0 Å². The number of fused-ring (bicyclic) bond motifs is 1. The van der Waals surface area contributed by atoms with Crippen LogP contribution >= 0.6 is 11.6 Å². The summed E-state index contributed by atoms with van der Waals surface area (Å²) < 4.78 is 0. The Morgan fingerprint density at radius 1 is 0.967 bits per heavy atom. The number of hydrogen-bond donors (Lipinski definition) is 1. The zero-order valence-electron chi connectivity index (χ0n) is 16.6. The molecule has 0 aliphatic carbocycles. The van der Waals surface area contributed by atoms with Gasteiger partial charge in [-0.2, -0.15) is 0 Å². The lowest BCUT2D eigenvalue weighted by molar-refractivity contribution is -0.122. The van der Waals surface area contributed by atoms with Gasteiger partial charge < -0.3 is 10.2 Å². The molecule has 0 atom stereocenters. The number of carbonyl (C=O) groups excluding carboxylic acids is 2. The second kappa shape index (κ2) is 9.24. The highest BCUT2D eigenvalue weighted by Gasteiger charge is 2.23. The number of pyridine rings is 1. The Morgan fingerprint density at radius 2 is 1.73 bits per heavy atom. The minimum absolute atomic E-state index is 0.0000270. The van der Waals surface area contributed by atoms with Crippen LogP contribution in [0.1, 0.15) is 15.9 Å². The van der Waals surface area contributed by atoms with Gasteiger partial charge in [-0.1, -0.05) is 41.9 Å². The van der Waals surface area contributed by atoms with E-state index in [0.29, 0.717) is 50.0 Å². The molecule has 2 aromatic carbocycles. The number of aromatic nitrogens is 1. The lowest BCUT2D eigenvalue weighted by atomic mass is 10.1. The van der Waals surface area contributed by atoms with E-state index in [1.165, 1.54) is 0 Å². The lowest BCUT2D eigenvalue weighted by Gasteiger charge is -2.34. The van der Waals surface area contributed by atoms with Crippen molar-refractivity contribution >= 4 is 34.3 Å². The molecule has 0 bridgehead atoms. The molecule has 30 heavy (non-hydrogen) atoms. The van der Waals surface area contributed by atoms with Crippen molar-refractivity contribution in [3.8, 4) is 0 Å². The largest absolute Gasteiger partial charge is 0.351 e. The number of halogens is 1. The number of nitrogens with one attached hydrogen (secondary N) is 1. The summed E-state index contributed by atoms with van der Waals surface area (Å²) in [5.74, 6) is -0.000603. The molecule has 0 radical (unpaired) electrons. The van der Waals surface area contributed by atoms with E-state index in [-0.39, 0.29) is 11.8 Å². The molecule has 1 N–H and O–H groups in total. The third-order valence-corrected chi connectivity index (χ3v) is 5.47. The van der Waals surface area contributed by atoms with Crippen molar-refractivity contribution in [3.05, 3.63) is 76.9 Å². The van der Waals surface area contributed by atoms with Crippen molar-refractivity contribution in [3.63, 3.8) is 0 Å². The number of benzene rings is 2. The van der Waals surface area contributed by atoms with Gasteiger partial charge in [0.2, 0.25) is 5.91 Å². The molecule has 1 aliphatic rings. The summed E-state index contributed by atoms with van der Waals surface area (Å²) in [7, 11) is 0. The summed E-state index contributed by atoms with van der Waals surface area (Å²) in [6, 6.07) is 18.9. The molecule has 3 aromatic rings. The summed E-state index contributed by atoms with van der Waals surface area (Å²) >= 11 is 5.92. The van der Waals surface area contributed by atoms with E-state index in [2.05, 4.69) is 15.2 Å². The Balaban J connectivity index is 1.28. The number of hydrogen-bond acceptors (Lipinski definition) is 4. The molecule has 1 saturated heterocycles. The second-order valence-corrected chi connectivity index (χ2v) is 7.76. The van der Waals surface area contributed by atoms with Crippen molar-refractivity contribution in [2.45, 2.75) is 6.54 Å². The van der Waals surface area contributed by atoms with Crippen LogP contribution in [0.4, 0.5) is 0 Å². The first-order valence-electron chi connectivity index (χ1n) is 9.97. The van der Waals surface area contributed by atoms with Gasteiger partial charge in [-0.3, -0.25) is 14.5 Å². The Hall–Kier alpha value is -2.96. The SMILES string of the molecule is O=C(CN1CCN(C(=O)c2ccc3nc(Cl)ccc3c2)CC1)NCc1ccccc1. The zero-order chi connectivity index (χ0) is 20.9. The summed E-state index contributed by atoms with van der Waals surface area (Å²) in [4.78, 5) is 33.3. The average Bonchev–Trinajstić information content (AvgIpc) is 2.78. The van der Waals surface area contributed by atoms with Gasteiger partial charge in [0.25, 0.3) is 5.91 Å². The molecule has 4 rings (SSSR count). The van der Waals surface area contributed by atoms with Crippen LogP contribution in [0.3, 0.4) is 0 Å². The van der Waals surface area contributed by atoms with Crippen molar-refractivity contribution in [1.82, 2.24) is 20.1 Å². The minimum atomic E-state index is -0.000630. The molecule has 154 valence electrons. The quantitative estimate of drug-likeness (QED) is 0.642. The van der Waals surface area contributed by atoms with Gasteiger partial charge in [-0.15, -0.1) is 0 Å². The first kappa shape index (κ1) is 20.3. The Bertz CT molecular complexity index is 1050. The fraction of sp³-hybridized carbons (Fsp3) is 0.261. The van der Waals surface area contributed by atoms with Crippen LogP contribution in [0.15, 0.2) is 60.7 Å². The van der Waals surface area contributed by atoms with E-state index in [9.17, 15) is 9.59 Å². The van der Waals surface area contributed by atoms with Crippen molar-refractivity contribution in [1.29, 1.82) is 0 Å². The molecule has 1 fully saturated rings. The number of amides is 2. The van der Waals surface area contributed by atoms with Gasteiger partial charge in [0, 0.05) is 43.7 Å². The maximum atomic E-state index is 12.9. The van der Waals surface area contributed by atoms with Gasteiger partial charge in [0.15, 0.2) is 0 Å². The number of rotatable bonds is 5. The summed E-state index contributed by atoms with van der Waals surface area (Å²) in [5, 5.41) is 4.27. The third kappa shape index (κ3) is 4.96. The normalized spacial score (nSPS) is 14.6. The van der Waals surface area contributed by atoms with Crippen molar-refractivity contribution < 1.29 is 9.59 Å². The summed E-state index contributed by atoms with van der Waals surface area (Å²) in [5.41, 5.74) is 2.49. The molecule has 0 spiro atoms. The van der Waals surface area contributed by atoms with Gasteiger partial charge in [-0.05, 0) is 35.9 Å². The molecule has 2 amide bonds. The highest BCUT2D eigenvalue weighted by atomic mass is 35.5. The van der Waals surface area contributed by atoms with E-state index >= 15 is 0 Å². The molecule has 0 saturated carbocycles. The van der Waals surface area contributed by atoms with Crippen LogP contribution < -0.4 is 5.32 Å². The minimum Gasteiger partial charge on any atom is -0.351 e. The van der Waals surface area contributed by atoms with Gasteiger partial charge >= 0.3 is 0 Å². The fourth-order valence-electron chi connectivity index (χ4n) is 3.58. The van der Waals surface area contributed by atoms with Crippen molar-refractivity contribution in [2.75, 3.05) is 32.7 Å². The Kier molecular flexibility index (Phi) is 6.26. The van der Waals surface area contributed by atoms with Gasteiger partial charge in [0.05, 0.1) is 12.1 Å². The smallest absolute Gasteiger partial charge is 0.253 e. The maximum absolute atomic E-state index is 12.9. The highest BCUT2D eigenvalue weighted by Crippen LogP contribution is 2.18. The van der Waals surface area contributed by atoms with E-state index in [0.717, 1.165) is 16.5 Å². The van der Waals surface area contributed by atoms with E-state index in [1.54, 1.807) is 12.1 Å². The van der Waals surface area contributed by atoms with Crippen LogP contribution in [0.25, 0.3) is 10.9 Å². The first-order valence-corrected chi connectivity index (χ1v) is 10.3. The second-order valence-electron chi connectivity index (χ2n) is 7.37. The standard InChI is InChI=1S/C23H23ClN4O2/c24-21-9-7-18-14-19(6-8-20(18)26-21)23(30)28-12-10-27(11-13-28)16-22(29)25-15-17-4-2-1-3-5-17/h1-9,14H,10-13,15-16H2,(H,25,29). The van der Waals surface area contributed by atoms with E-state index in [1.807, 2.05) is 53.4 Å². The first-order chi connectivity index (χ1) is 14.6. The number of carbonyl (C=O) groups is 2. The van der Waals surface area contributed by atoms with Crippen LogP contribution in [0.2, 0.25) is 5.15 Å². The Morgan fingerprint density at radius 3 is 2.50 bits per heavy atom. The predicted molar refractivity (Wildman–Crippen MR) is 117 cm³/mol. The third-order valence-electron chi connectivity index (χ3n) is 5.26. The summed E-state index contributed by atoms with van der Waals surface area (Å²) in [6.07, 6.45) is 0. The van der Waals surface area contributed by atoms with Crippen LogP contribution in [0, 0.1) is 0 Å². The molecule has 6 nitrogen and oxygen atoms in total. The monoisotopic (exact) mass is 422 g/mol. The van der Waals surface area contributed by atoms with Crippen molar-refractivity contribution in [2.24, 2.45) is 0 Å². The fourth-order valence-corrected chi connectivity index (χ4v) is 3.73. The lowest BCUT2D eigenvalue weighted by Crippen LogP contribution is -2.51. The maximum Gasteiger partial charge on any atom is 0.253 e. The molecule has 0 unspecified atom stereocenters.